The number of amides is 1. The van der Waals surface area contributed by atoms with Gasteiger partial charge in [-0.2, -0.15) is 0 Å². The molecule has 0 radical (unpaired) electrons. The molecule has 0 aliphatic carbocycles. The molecule has 0 N–H and O–H groups in total. The van der Waals surface area contributed by atoms with Gasteiger partial charge in [-0.1, -0.05) is 6.92 Å². The molecule has 1 aliphatic rings. The molecule has 0 unspecified atom stereocenters. The number of hydrogen-bond donors (Lipinski definition) is 0. The lowest BCUT2D eigenvalue weighted by Gasteiger charge is -2.35. The number of ether oxygens (including phenoxy) is 1. The van der Waals surface area contributed by atoms with E-state index in [-0.39, 0.29) is 11.9 Å². The van der Waals surface area contributed by atoms with E-state index < -0.39 is 0 Å². The summed E-state index contributed by atoms with van der Waals surface area (Å²) >= 11 is 0. The minimum atomic E-state index is 0.0699. The predicted octanol–water partition coefficient (Wildman–Crippen LogP) is 1.52. The number of morpholine rings is 1. The van der Waals surface area contributed by atoms with Gasteiger partial charge in [-0.25, -0.2) is 0 Å². The quantitative estimate of drug-likeness (QED) is 0.858. The zero-order valence-electron chi connectivity index (χ0n) is 12.0. The van der Waals surface area contributed by atoms with E-state index in [1.54, 1.807) is 17.2 Å². The summed E-state index contributed by atoms with van der Waals surface area (Å²) in [5.74, 6) is 0.0699. The van der Waals surface area contributed by atoms with Crippen molar-refractivity contribution in [2.24, 2.45) is 0 Å². The van der Waals surface area contributed by atoms with Gasteiger partial charge in [0, 0.05) is 17.8 Å². The second kappa shape index (κ2) is 6.05. The molecule has 21 heavy (non-hydrogen) atoms. The van der Waals surface area contributed by atoms with Crippen LogP contribution in [0.5, 0.6) is 0 Å². The lowest BCUT2D eigenvalue weighted by atomic mass is 10.1. The summed E-state index contributed by atoms with van der Waals surface area (Å²) in [5.41, 5.74) is 1.64. The third-order valence-corrected chi connectivity index (χ3v) is 3.79. The predicted molar refractivity (Wildman–Crippen MR) is 77.3 cm³/mol. The summed E-state index contributed by atoms with van der Waals surface area (Å²) < 4.78 is 7.25. The van der Waals surface area contributed by atoms with Gasteiger partial charge in [-0.15, -0.1) is 10.2 Å². The van der Waals surface area contributed by atoms with Crippen LogP contribution in [0.3, 0.4) is 0 Å². The molecule has 1 aromatic heterocycles. The second-order valence-electron chi connectivity index (χ2n) is 5.05. The lowest BCUT2D eigenvalue weighted by Crippen LogP contribution is -2.48. The van der Waals surface area contributed by atoms with Crippen molar-refractivity contribution < 1.29 is 9.53 Å². The van der Waals surface area contributed by atoms with E-state index in [4.69, 9.17) is 4.74 Å². The Morgan fingerprint density at radius 2 is 2.00 bits per heavy atom. The molecule has 110 valence electrons. The molecule has 0 bridgehead atoms. The third kappa shape index (κ3) is 2.80. The first kappa shape index (κ1) is 13.8. The van der Waals surface area contributed by atoms with E-state index in [2.05, 4.69) is 17.1 Å². The summed E-state index contributed by atoms with van der Waals surface area (Å²) in [4.78, 5) is 14.5. The smallest absolute Gasteiger partial charge is 0.254 e. The van der Waals surface area contributed by atoms with Crippen molar-refractivity contribution >= 4 is 5.91 Å². The molecule has 1 amide bonds. The summed E-state index contributed by atoms with van der Waals surface area (Å²) in [6, 6.07) is 7.67. The average molecular weight is 286 g/mol. The lowest BCUT2D eigenvalue weighted by molar-refractivity contribution is -0.00279. The van der Waals surface area contributed by atoms with Gasteiger partial charge in [0.25, 0.3) is 5.91 Å². The van der Waals surface area contributed by atoms with Crippen molar-refractivity contribution in [1.29, 1.82) is 0 Å². The van der Waals surface area contributed by atoms with Crippen molar-refractivity contribution in [2.75, 3.05) is 19.8 Å². The Morgan fingerprint density at radius 1 is 1.29 bits per heavy atom. The first-order chi connectivity index (χ1) is 10.3. The van der Waals surface area contributed by atoms with Gasteiger partial charge in [-0.05, 0) is 30.7 Å². The van der Waals surface area contributed by atoms with Crippen LogP contribution in [0.1, 0.15) is 23.7 Å². The number of benzene rings is 1. The maximum absolute atomic E-state index is 12.6. The zero-order valence-corrected chi connectivity index (χ0v) is 12.0. The molecule has 1 saturated heterocycles. The molecule has 1 fully saturated rings. The summed E-state index contributed by atoms with van der Waals surface area (Å²) in [6.07, 6.45) is 4.17. The van der Waals surface area contributed by atoms with E-state index in [0.29, 0.717) is 25.3 Å². The first-order valence-corrected chi connectivity index (χ1v) is 7.13. The van der Waals surface area contributed by atoms with Gasteiger partial charge < -0.3 is 9.64 Å². The second-order valence-corrected chi connectivity index (χ2v) is 5.05. The van der Waals surface area contributed by atoms with Crippen LogP contribution in [0.2, 0.25) is 0 Å². The Bertz CT molecular complexity index is 595. The summed E-state index contributed by atoms with van der Waals surface area (Å²) in [5, 5.41) is 7.55. The number of nitrogens with zero attached hydrogens (tertiary/aromatic N) is 4. The Hall–Kier alpha value is -2.21. The Balaban J connectivity index is 1.78. The van der Waals surface area contributed by atoms with Gasteiger partial charge in [0.2, 0.25) is 0 Å². The highest BCUT2D eigenvalue weighted by atomic mass is 16.5. The van der Waals surface area contributed by atoms with Gasteiger partial charge in [0.05, 0.1) is 19.3 Å². The SMILES string of the molecule is CC[C@H]1COCCN1C(=O)c1ccc(-n2cnnc2)cc1. The Kier molecular flexibility index (Phi) is 3.96. The molecule has 2 heterocycles. The third-order valence-electron chi connectivity index (χ3n) is 3.79. The summed E-state index contributed by atoms with van der Waals surface area (Å²) in [6.45, 7) is 3.97. The van der Waals surface area contributed by atoms with Gasteiger partial charge in [0.15, 0.2) is 0 Å². The van der Waals surface area contributed by atoms with Crippen LogP contribution in [0.15, 0.2) is 36.9 Å². The van der Waals surface area contributed by atoms with Crippen LogP contribution in [0.25, 0.3) is 5.69 Å². The molecule has 0 saturated carbocycles. The molecule has 0 spiro atoms. The van der Waals surface area contributed by atoms with E-state index in [0.717, 1.165) is 12.1 Å². The Morgan fingerprint density at radius 3 is 2.67 bits per heavy atom. The molecular formula is C15H18N4O2. The van der Waals surface area contributed by atoms with E-state index in [1.165, 1.54) is 0 Å². The van der Waals surface area contributed by atoms with Crippen molar-refractivity contribution in [2.45, 2.75) is 19.4 Å². The maximum Gasteiger partial charge on any atom is 0.254 e. The first-order valence-electron chi connectivity index (χ1n) is 7.13. The molecular weight excluding hydrogens is 268 g/mol. The van der Waals surface area contributed by atoms with Crippen LogP contribution >= 0.6 is 0 Å². The van der Waals surface area contributed by atoms with Gasteiger partial charge in [0.1, 0.15) is 12.7 Å². The summed E-state index contributed by atoms with van der Waals surface area (Å²) in [7, 11) is 0. The number of carbonyl (C=O) groups excluding carboxylic acids is 1. The fraction of sp³-hybridized carbons (Fsp3) is 0.400. The zero-order chi connectivity index (χ0) is 14.7. The highest BCUT2D eigenvalue weighted by Gasteiger charge is 2.26. The van der Waals surface area contributed by atoms with Crippen LogP contribution in [0.4, 0.5) is 0 Å². The van der Waals surface area contributed by atoms with Crippen LogP contribution < -0.4 is 0 Å². The molecule has 6 heteroatoms. The van der Waals surface area contributed by atoms with Crippen molar-refractivity contribution in [1.82, 2.24) is 19.7 Å². The maximum atomic E-state index is 12.6. The van der Waals surface area contributed by atoms with Crippen LogP contribution in [-0.4, -0.2) is 51.4 Å². The monoisotopic (exact) mass is 286 g/mol. The van der Waals surface area contributed by atoms with Crippen molar-refractivity contribution in [3.63, 3.8) is 0 Å². The average Bonchev–Trinajstić information content (AvgIpc) is 3.09. The van der Waals surface area contributed by atoms with Gasteiger partial charge >= 0.3 is 0 Å². The normalized spacial score (nSPS) is 18.7. The van der Waals surface area contributed by atoms with Crippen LogP contribution in [0, 0.1) is 0 Å². The number of carbonyl (C=O) groups is 1. The van der Waals surface area contributed by atoms with E-state index in [9.17, 15) is 4.79 Å². The molecule has 2 aromatic rings. The fourth-order valence-electron chi connectivity index (χ4n) is 2.54. The highest BCUT2D eigenvalue weighted by Crippen LogP contribution is 2.16. The molecule has 3 rings (SSSR count). The Labute approximate surface area is 123 Å². The van der Waals surface area contributed by atoms with Crippen LogP contribution in [-0.2, 0) is 4.74 Å². The number of hydrogen-bond acceptors (Lipinski definition) is 4. The largest absolute Gasteiger partial charge is 0.377 e. The van der Waals surface area contributed by atoms with Gasteiger partial charge in [-0.3, -0.25) is 9.36 Å². The van der Waals surface area contributed by atoms with Crippen molar-refractivity contribution in [3.05, 3.63) is 42.5 Å². The molecule has 1 aliphatic heterocycles. The minimum Gasteiger partial charge on any atom is -0.377 e. The molecule has 6 nitrogen and oxygen atoms in total. The molecule has 1 aromatic carbocycles. The highest BCUT2D eigenvalue weighted by molar-refractivity contribution is 5.94. The topological polar surface area (TPSA) is 60.2 Å². The fourth-order valence-corrected chi connectivity index (χ4v) is 2.54. The van der Waals surface area contributed by atoms with E-state index in [1.807, 2.05) is 29.2 Å². The number of rotatable bonds is 3. The van der Waals surface area contributed by atoms with E-state index >= 15 is 0 Å². The number of aromatic nitrogens is 3. The van der Waals surface area contributed by atoms with Crippen molar-refractivity contribution in [3.8, 4) is 5.69 Å². The molecule has 1 atom stereocenters. The standard InChI is InChI=1S/C15H18N4O2/c1-2-13-9-21-8-7-19(13)15(20)12-3-5-14(6-4-12)18-10-16-17-11-18/h3-6,10-11,13H,2,7-9H2,1H3/t13-/m0/s1. The minimum absolute atomic E-state index is 0.0699.